The lowest BCUT2D eigenvalue weighted by molar-refractivity contribution is 0.221. The Balaban J connectivity index is 1.59. The quantitative estimate of drug-likeness (QED) is 0.344. The number of fused-ring (bicyclic) bond motifs is 1. The van der Waals surface area contributed by atoms with Crippen molar-refractivity contribution in [2.75, 3.05) is 18.4 Å². The zero-order chi connectivity index (χ0) is 20.9. The normalized spacial score (nSPS) is 16.2. The summed E-state index contributed by atoms with van der Waals surface area (Å²) in [7, 11) is 0. The van der Waals surface area contributed by atoms with Crippen LogP contribution in [0.1, 0.15) is 38.7 Å². The third-order valence-corrected chi connectivity index (χ3v) is 6.68. The molecule has 1 aromatic carbocycles. The Labute approximate surface area is 182 Å². The molecule has 0 spiro atoms. The first-order valence-electron chi connectivity index (χ1n) is 10.6. The van der Waals surface area contributed by atoms with Gasteiger partial charge in [0.25, 0.3) is 0 Å². The highest BCUT2D eigenvalue weighted by Gasteiger charge is 2.13. The highest BCUT2D eigenvalue weighted by Crippen LogP contribution is 2.37. The Bertz CT molecular complexity index is 1080. The summed E-state index contributed by atoms with van der Waals surface area (Å²) < 4.78 is 1.13. The van der Waals surface area contributed by atoms with E-state index in [2.05, 4.69) is 45.5 Å². The fraction of sp³-hybridized carbons (Fsp3) is 0.320. The van der Waals surface area contributed by atoms with E-state index < -0.39 is 0 Å². The first-order valence-corrected chi connectivity index (χ1v) is 11.4. The van der Waals surface area contributed by atoms with Gasteiger partial charge in [0.2, 0.25) is 0 Å². The van der Waals surface area contributed by atoms with E-state index in [-0.39, 0.29) is 5.76 Å². The molecule has 156 valence electrons. The van der Waals surface area contributed by atoms with Crippen LogP contribution in [-0.2, 0) is 6.54 Å². The molecule has 1 fully saturated rings. The molecule has 4 nitrogen and oxygen atoms in total. The summed E-state index contributed by atoms with van der Waals surface area (Å²) >= 11 is 1.76. The molecule has 0 unspecified atom stereocenters. The Hall–Kier alpha value is -2.63. The summed E-state index contributed by atoms with van der Waals surface area (Å²) in [4.78, 5) is 8.36. The van der Waals surface area contributed by atoms with E-state index in [0.29, 0.717) is 0 Å². The van der Waals surface area contributed by atoms with Gasteiger partial charge in [-0.3, -0.25) is 9.88 Å². The van der Waals surface area contributed by atoms with Crippen LogP contribution in [0.25, 0.3) is 20.7 Å². The predicted octanol–water partition coefficient (Wildman–Crippen LogP) is 6.73. The monoisotopic (exact) mass is 419 g/mol. The molecule has 4 rings (SSSR count). The zero-order valence-corrected chi connectivity index (χ0v) is 18.5. The largest absolute Gasteiger partial charge is 0.508 e. The molecule has 1 aliphatic heterocycles. The van der Waals surface area contributed by atoms with Gasteiger partial charge >= 0.3 is 0 Å². The van der Waals surface area contributed by atoms with Crippen LogP contribution in [0.2, 0.25) is 0 Å². The number of likely N-dealkylation sites (tertiary alicyclic amines) is 1. The number of aliphatic hydroxyl groups is 1. The van der Waals surface area contributed by atoms with Crippen molar-refractivity contribution in [3.63, 3.8) is 0 Å². The number of anilines is 1. The number of benzene rings is 1. The van der Waals surface area contributed by atoms with Gasteiger partial charge in [0.1, 0.15) is 5.76 Å². The first kappa shape index (κ1) is 20.6. The van der Waals surface area contributed by atoms with Gasteiger partial charge in [-0.05, 0) is 81.3 Å². The molecule has 0 bridgehead atoms. The maximum absolute atomic E-state index is 9.75. The molecule has 30 heavy (non-hydrogen) atoms. The van der Waals surface area contributed by atoms with Crippen LogP contribution in [0.15, 0.2) is 66.2 Å². The number of thiophene rings is 1. The second kappa shape index (κ2) is 9.45. The average molecular weight is 420 g/mol. The topological polar surface area (TPSA) is 48.4 Å². The predicted molar refractivity (Wildman–Crippen MR) is 128 cm³/mol. The summed E-state index contributed by atoms with van der Waals surface area (Å²) in [6.45, 7) is 7.21. The molecular formula is C25H29N3OS. The number of aromatic nitrogens is 1. The minimum absolute atomic E-state index is 0.252. The first-order chi connectivity index (χ1) is 14.6. The van der Waals surface area contributed by atoms with Gasteiger partial charge in [-0.15, -0.1) is 11.3 Å². The van der Waals surface area contributed by atoms with E-state index in [1.165, 1.54) is 48.4 Å². The summed E-state index contributed by atoms with van der Waals surface area (Å²) in [5, 5.41) is 13.2. The van der Waals surface area contributed by atoms with Crippen molar-refractivity contribution in [2.24, 2.45) is 0 Å². The van der Waals surface area contributed by atoms with Gasteiger partial charge in [-0.2, -0.15) is 0 Å². The van der Waals surface area contributed by atoms with E-state index >= 15 is 0 Å². The molecule has 2 aromatic heterocycles. The number of hydrogen-bond donors (Lipinski definition) is 2. The minimum Gasteiger partial charge on any atom is -0.508 e. The molecule has 0 radical (unpaired) electrons. The van der Waals surface area contributed by atoms with Crippen LogP contribution in [-0.4, -0.2) is 28.1 Å². The molecule has 3 heterocycles. The van der Waals surface area contributed by atoms with Crippen LogP contribution >= 0.6 is 11.3 Å². The van der Waals surface area contributed by atoms with Gasteiger partial charge < -0.3 is 10.4 Å². The average Bonchev–Trinajstić information content (AvgIpc) is 3.20. The molecule has 5 heteroatoms. The lowest BCUT2D eigenvalue weighted by Gasteiger charge is -2.26. The maximum atomic E-state index is 9.75. The van der Waals surface area contributed by atoms with E-state index in [1.54, 1.807) is 23.5 Å². The lowest BCUT2D eigenvalue weighted by atomic mass is 10.1. The number of allylic oxidation sites excluding steroid dienone is 3. The van der Waals surface area contributed by atoms with Gasteiger partial charge in [-0.25, -0.2) is 0 Å². The Kier molecular flexibility index (Phi) is 6.50. The summed E-state index contributed by atoms with van der Waals surface area (Å²) in [5.74, 6) is 0.252. The molecule has 2 N–H and O–H groups in total. The molecule has 0 atom stereocenters. The summed E-state index contributed by atoms with van der Waals surface area (Å²) in [6.07, 6.45) is 9.23. The van der Waals surface area contributed by atoms with Crippen molar-refractivity contribution >= 4 is 27.2 Å². The molecule has 1 aliphatic rings. The van der Waals surface area contributed by atoms with Crippen LogP contribution in [0.3, 0.4) is 0 Å². The number of nitrogens with one attached hydrogen (secondary N) is 1. The van der Waals surface area contributed by atoms with Crippen molar-refractivity contribution in [2.45, 2.75) is 39.7 Å². The number of aliphatic hydroxyl groups excluding tert-OH is 1. The summed E-state index contributed by atoms with van der Waals surface area (Å²) in [6, 6.07) is 13.1. The molecule has 1 saturated heterocycles. The fourth-order valence-corrected chi connectivity index (χ4v) is 5.01. The number of piperidine rings is 1. The van der Waals surface area contributed by atoms with Gasteiger partial charge in [0.15, 0.2) is 0 Å². The number of rotatable bonds is 6. The smallest absolute Gasteiger partial charge is 0.113 e. The number of hydrogen-bond acceptors (Lipinski definition) is 5. The second-order valence-electron chi connectivity index (χ2n) is 7.89. The van der Waals surface area contributed by atoms with Gasteiger partial charge in [-0.1, -0.05) is 24.6 Å². The van der Waals surface area contributed by atoms with Crippen molar-refractivity contribution in [3.05, 3.63) is 71.8 Å². The van der Waals surface area contributed by atoms with Crippen molar-refractivity contribution in [3.8, 4) is 10.4 Å². The lowest BCUT2D eigenvalue weighted by Crippen LogP contribution is -2.29. The van der Waals surface area contributed by atoms with Crippen LogP contribution < -0.4 is 5.32 Å². The van der Waals surface area contributed by atoms with Crippen molar-refractivity contribution < 1.29 is 5.11 Å². The van der Waals surface area contributed by atoms with E-state index in [4.69, 9.17) is 0 Å². The molecule has 0 saturated carbocycles. The third-order valence-electron chi connectivity index (χ3n) is 5.47. The van der Waals surface area contributed by atoms with E-state index in [9.17, 15) is 5.11 Å². The standard InChI is InChI=1S/C25H29N3OS/c1-3-21(29)14-18(2)27-22-10-11-26-23-16-24(30-25(22)23)20-9-7-8-19(15-20)17-28-12-5-4-6-13-28/h3,7-11,14-16,29H,4-6,12-13,17H2,1-2H3,(H,26,27)/b18-14+,21-3+. The second-order valence-corrected chi connectivity index (χ2v) is 8.94. The molecule has 0 amide bonds. The molecule has 0 aliphatic carbocycles. The zero-order valence-electron chi connectivity index (χ0n) is 17.7. The highest BCUT2D eigenvalue weighted by molar-refractivity contribution is 7.22. The third kappa shape index (κ3) is 4.91. The van der Waals surface area contributed by atoms with E-state index in [1.807, 2.05) is 26.1 Å². The molecule has 3 aromatic rings. The van der Waals surface area contributed by atoms with E-state index in [0.717, 1.165) is 28.1 Å². The highest BCUT2D eigenvalue weighted by atomic mass is 32.1. The number of nitrogens with zero attached hydrogens (tertiary/aromatic N) is 2. The fourth-order valence-electron chi connectivity index (χ4n) is 3.93. The van der Waals surface area contributed by atoms with Crippen LogP contribution in [0.5, 0.6) is 0 Å². The Morgan fingerprint density at radius 3 is 2.83 bits per heavy atom. The summed E-state index contributed by atoms with van der Waals surface area (Å²) in [5.41, 5.74) is 5.51. The maximum Gasteiger partial charge on any atom is 0.113 e. The van der Waals surface area contributed by atoms with Crippen molar-refractivity contribution in [1.82, 2.24) is 9.88 Å². The SMILES string of the molecule is C/C=C(O)\C=C(/C)Nc1ccnc2cc(-c3cccc(CN4CCCCC4)c3)sc12. The number of pyridine rings is 1. The van der Waals surface area contributed by atoms with Gasteiger partial charge in [0, 0.05) is 23.3 Å². The van der Waals surface area contributed by atoms with Gasteiger partial charge in [0.05, 0.1) is 15.9 Å². The van der Waals surface area contributed by atoms with Crippen LogP contribution in [0.4, 0.5) is 5.69 Å². The minimum atomic E-state index is 0.252. The molecular weight excluding hydrogens is 390 g/mol. The van der Waals surface area contributed by atoms with Crippen LogP contribution in [0, 0.1) is 0 Å². The Morgan fingerprint density at radius 1 is 1.20 bits per heavy atom. The van der Waals surface area contributed by atoms with Crippen molar-refractivity contribution in [1.29, 1.82) is 0 Å². The Morgan fingerprint density at radius 2 is 2.03 bits per heavy atom.